The number of nitrogens with zero attached hydrogens (tertiary/aromatic N) is 7. The summed E-state index contributed by atoms with van der Waals surface area (Å²) in [7, 11) is 0. The highest BCUT2D eigenvalue weighted by atomic mass is 19.1. The maximum Gasteiger partial charge on any atom is 0.414 e. The Morgan fingerprint density at radius 3 is 2.97 bits per heavy atom. The van der Waals surface area contributed by atoms with Gasteiger partial charge in [-0.2, -0.15) is 0 Å². The van der Waals surface area contributed by atoms with E-state index in [9.17, 15) is 9.18 Å². The van der Waals surface area contributed by atoms with Crippen molar-refractivity contribution in [2.75, 3.05) is 18.0 Å². The van der Waals surface area contributed by atoms with E-state index in [0.717, 1.165) is 5.69 Å². The summed E-state index contributed by atoms with van der Waals surface area (Å²) in [6.07, 6.45) is 0.780. The third-order valence-electron chi connectivity index (χ3n) is 4.24. The average Bonchev–Trinajstić information content (AvgIpc) is 3.33. The highest BCUT2D eigenvalue weighted by molar-refractivity contribution is 5.90. The zero-order valence-electron chi connectivity index (χ0n) is 15.0. The van der Waals surface area contributed by atoms with Crippen LogP contribution in [0.2, 0.25) is 0 Å². The lowest BCUT2D eigenvalue weighted by Gasteiger charge is -2.13. The molecule has 10 nitrogen and oxygen atoms in total. The maximum atomic E-state index is 14.7. The molecule has 1 amide bonds. The molecule has 29 heavy (non-hydrogen) atoms. The normalized spacial score (nSPS) is 15.8. The van der Waals surface area contributed by atoms with E-state index in [4.69, 9.17) is 14.7 Å². The molecule has 1 fully saturated rings. The number of carbonyl (C=O) groups is 1. The Bertz CT molecular complexity index is 1080. The number of amides is 1. The van der Waals surface area contributed by atoms with Crippen LogP contribution in [-0.2, 0) is 11.2 Å². The van der Waals surface area contributed by atoms with Gasteiger partial charge < -0.3 is 9.15 Å². The second kappa shape index (κ2) is 7.95. The molecule has 0 radical (unpaired) electrons. The van der Waals surface area contributed by atoms with Gasteiger partial charge in [0.1, 0.15) is 11.9 Å². The van der Waals surface area contributed by atoms with Crippen molar-refractivity contribution < 1.29 is 18.3 Å². The standard InChI is InChI=1S/C18H14FN7O3/c19-15-8-12(26-10-13(9-22-25-20)28-18(26)27)4-5-14(15)17-24-23-16(29-17)7-11-3-1-2-6-21-11/h1-6,8,13H,7,9-10H2. The highest BCUT2D eigenvalue weighted by Gasteiger charge is 2.32. The van der Waals surface area contributed by atoms with E-state index >= 15 is 0 Å². The summed E-state index contributed by atoms with van der Waals surface area (Å²) in [6, 6.07) is 9.67. The van der Waals surface area contributed by atoms with Gasteiger partial charge in [-0.05, 0) is 35.9 Å². The number of benzene rings is 1. The lowest BCUT2D eigenvalue weighted by atomic mass is 10.1. The van der Waals surface area contributed by atoms with E-state index in [-0.39, 0.29) is 24.5 Å². The maximum absolute atomic E-state index is 14.7. The number of aromatic nitrogens is 3. The fraction of sp³-hybridized carbons (Fsp3) is 0.222. The Balaban J connectivity index is 1.51. The van der Waals surface area contributed by atoms with Crippen LogP contribution in [0.3, 0.4) is 0 Å². The first-order chi connectivity index (χ1) is 14.1. The van der Waals surface area contributed by atoms with Gasteiger partial charge in [-0.15, -0.1) is 10.2 Å². The molecule has 0 aliphatic carbocycles. The molecular weight excluding hydrogens is 381 g/mol. The van der Waals surface area contributed by atoms with Crippen molar-refractivity contribution in [2.24, 2.45) is 5.11 Å². The number of halogens is 1. The van der Waals surface area contributed by atoms with Crippen LogP contribution in [0.25, 0.3) is 21.9 Å². The van der Waals surface area contributed by atoms with Gasteiger partial charge in [0.05, 0.1) is 30.8 Å². The van der Waals surface area contributed by atoms with Crippen molar-refractivity contribution in [3.63, 3.8) is 0 Å². The number of hydrogen-bond donors (Lipinski definition) is 0. The molecule has 1 saturated heterocycles. The number of pyridine rings is 1. The molecule has 3 heterocycles. The zero-order valence-corrected chi connectivity index (χ0v) is 15.0. The van der Waals surface area contributed by atoms with Crippen molar-refractivity contribution >= 4 is 11.8 Å². The fourth-order valence-electron chi connectivity index (χ4n) is 2.89. The van der Waals surface area contributed by atoms with Gasteiger partial charge in [0, 0.05) is 16.8 Å². The van der Waals surface area contributed by atoms with E-state index in [1.165, 1.54) is 17.0 Å². The van der Waals surface area contributed by atoms with Crippen molar-refractivity contribution in [1.82, 2.24) is 15.2 Å². The molecule has 1 atom stereocenters. The van der Waals surface area contributed by atoms with Crippen LogP contribution >= 0.6 is 0 Å². The molecule has 0 spiro atoms. The summed E-state index contributed by atoms with van der Waals surface area (Å²) in [6.45, 7) is 0.172. The molecule has 1 aliphatic rings. The highest BCUT2D eigenvalue weighted by Crippen LogP contribution is 2.28. The van der Waals surface area contributed by atoms with Gasteiger partial charge in [-0.1, -0.05) is 11.2 Å². The summed E-state index contributed by atoms with van der Waals surface area (Å²) >= 11 is 0. The second-order valence-corrected chi connectivity index (χ2v) is 6.19. The van der Waals surface area contributed by atoms with Gasteiger partial charge in [0.25, 0.3) is 5.89 Å². The smallest absolute Gasteiger partial charge is 0.414 e. The first-order valence-corrected chi connectivity index (χ1v) is 8.65. The quantitative estimate of drug-likeness (QED) is 0.357. The number of cyclic esters (lactones) is 1. The summed E-state index contributed by atoms with van der Waals surface area (Å²) in [5.74, 6) is -0.279. The van der Waals surface area contributed by atoms with Gasteiger partial charge >= 0.3 is 6.09 Å². The van der Waals surface area contributed by atoms with E-state index < -0.39 is 18.0 Å². The Kier molecular flexibility index (Phi) is 5.04. The molecule has 1 aliphatic heterocycles. The minimum atomic E-state index is -0.634. The molecule has 0 saturated carbocycles. The van der Waals surface area contributed by atoms with Crippen molar-refractivity contribution in [2.45, 2.75) is 12.5 Å². The number of carbonyl (C=O) groups excluding carboxylic acids is 1. The van der Waals surface area contributed by atoms with E-state index in [1.807, 2.05) is 12.1 Å². The molecular formula is C18H14FN7O3. The minimum Gasteiger partial charge on any atom is -0.444 e. The summed E-state index contributed by atoms with van der Waals surface area (Å²) < 4.78 is 25.3. The average molecular weight is 395 g/mol. The molecule has 1 unspecified atom stereocenters. The first kappa shape index (κ1) is 18.4. The Labute approximate surface area is 163 Å². The third-order valence-corrected chi connectivity index (χ3v) is 4.24. The van der Waals surface area contributed by atoms with E-state index in [0.29, 0.717) is 18.0 Å². The van der Waals surface area contributed by atoms with Gasteiger partial charge in [-0.25, -0.2) is 9.18 Å². The number of ether oxygens (including phenoxy) is 1. The van der Waals surface area contributed by atoms with Crippen LogP contribution in [0.5, 0.6) is 0 Å². The molecule has 2 aromatic heterocycles. The lowest BCUT2D eigenvalue weighted by molar-refractivity contribution is 0.145. The van der Waals surface area contributed by atoms with Crippen molar-refractivity contribution in [3.05, 3.63) is 70.4 Å². The Hall–Kier alpha value is -3.98. The fourth-order valence-corrected chi connectivity index (χ4v) is 2.89. The van der Waals surface area contributed by atoms with Gasteiger partial charge in [0.15, 0.2) is 0 Å². The SMILES string of the molecule is [N-]=[N+]=NCC1CN(c2ccc(-c3nnc(Cc4ccccn4)o3)c(F)c2)C(=O)O1. The number of hydrogen-bond acceptors (Lipinski definition) is 7. The topological polar surface area (TPSA) is 130 Å². The monoisotopic (exact) mass is 395 g/mol. The summed E-state index contributed by atoms with van der Waals surface area (Å²) in [5.41, 5.74) is 9.55. The second-order valence-electron chi connectivity index (χ2n) is 6.19. The number of azide groups is 1. The predicted octanol–water partition coefficient (Wildman–Crippen LogP) is 3.50. The summed E-state index contributed by atoms with van der Waals surface area (Å²) in [5, 5.41) is 11.2. The van der Waals surface area contributed by atoms with E-state index in [2.05, 4.69) is 25.2 Å². The largest absolute Gasteiger partial charge is 0.444 e. The molecule has 4 rings (SSSR count). The van der Waals surface area contributed by atoms with Crippen LogP contribution in [0.4, 0.5) is 14.9 Å². The number of rotatable bonds is 6. The molecule has 146 valence electrons. The predicted molar refractivity (Wildman–Crippen MR) is 98.4 cm³/mol. The van der Waals surface area contributed by atoms with Crippen LogP contribution in [0.1, 0.15) is 11.6 Å². The minimum absolute atomic E-state index is 0.0142. The van der Waals surface area contributed by atoms with Gasteiger partial charge in [0.2, 0.25) is 5.89 Å². The molecule has 0 bridgehead atoms. The first-order valence-electron chi connectivity index (χ1n) is 8.65. The molecule has 0 N–H and O–H groups in total. The number of anilines is 1. The van der Waals surface area contributed by atoms with E-state index in [1.54, 1.807) is 18.3 Å². The summed E-state index contributed by atoms with van der Waals surface area (Å²) in [4.78, 5) is 20.1. The molecule has 11 heteroatoms. The van der Waals surface area contributed by atoms with Crippen LogP contribution in [-0.4, -0.2) is 40.5 Å². The zero-order chi connectivity index (χ0) is 20.2. The Morgan fingerprint density at radius 1 is 1.31 bits per heavy atom. The van der Waals surface area contributed by atoms with Crippen LogP contribution in [0, 0.1) is 5.82 Å². The van der Waals surface area contributed by atoms with Crippen LogP contribution in [0.15, 0.2) is 52.1 Å². The molecule has 1 aromatic carbocycles. The lowest BCUT2D eigenvalue weighted by Crippen LogP contribution is -2.25. The van der Waals surface area contributed by atoms with Crippen molar-refractivity contribution in [3.8, 4) is 11.5 Å². The van der Waals surface area contributed by atoms with Crippen molar-refractivity contribution in [1.29, 1.82) is 0 Å². The molecule has 3 aromatic rings. The Morgan fingerprint density at radius 2 is 2.21 bits per heavy atom. The van der Waals surface area contributed by atoms with Crippen LogP contribution < -0.4 is 4.90 Å². The third kappa shape index (κ3) is 3.99. The van der Waals surface area contributed by atoms with Gasteiger partial charge in [-0.3, -0.25) is 9.88 Å².